The minimum atomic E-state index is -0.102. The number of ether oxygens (including phenoxy) is 2. The molecule has 0 aromatic heterocycles. The number of urea groups is 1. The first-order chi connectivity index (χ1) is 20.3. The topological polar surface area (TPSA) is 112 Å². The van der Waals surface area contributed by atoms with Crippen LogP contribution in [0.3, 0.4) is 0 Å². The quantitative estimate of drug-likeness (QED) is 0.580. The molecule has 3 atom stereocenters. The summed E-state index contributed by atoms with van der Waals surface area (Å²) in [4.78, 5) is 59.3. The van der Waals surface area contributed by atoms with E-state index < -0.39 is 0 Å². The van der Waals surface area contributed by atoms with Crippen molar-refractivity contribution in [2.24, 2.45) is 11.8 Å². The van der Waals surface area contributed by atoms with Crippen molar-refractivity contribution in [2.45, 2.75) is 57.4 Å². The van der Waals surface area contributed by atoms with Crippen LogP contribution in [0, 0.1) is 11.8 Å². The third kappa shape index (κ3) is 6.60. The first-order valence-corrected chi connectivity index (χ1v) is 15.3. The summed E-state index contributed by atoms with van der Waals surface area (Å²) >= 11 is 0. The number of aryl methyl sites for hydroxylation is 2. The number of nitrogens with one attached hydrogen (secondary N) is 1. The average Bonchev–Trinajstić information content (AvgIpc) is 3.30. The maximum absolute atomic E-state index is 13.8. The highest BCUT2D eigenvalue weighted by atomic mass is 16.5. The summed E-state index contributed by atoms with van der Waals surface area (Å²) in [6, 6.07) is 3.92. The molecular weight excluding hydrogens is 538 g/mol. The summed E-state index contributed by atoms with van der Waals surface area (Å²) in [5.41, 5.74) is 2.04. The predicted molar refractivity (Wildman–Crippen MR) is 156 cm³/mol. The molecule has 0 aliphatic carbocycles. The zero-order valence-corrected chi connectivity index (χ0v) is 25.2. The van der Waals surface area contributed by atoms with Crippen LogP contribution in [0.25, 0.3) is 0 Å². The third-order valence-electron chi connectivity index (χ3n) is 9.36. The van der Waals surface area contributed by atoms with Gasteiger partial charge in [-0.1, -0.05) is 6.07 Å². The number of hydrogen-bond acceptors (Lipinski definition) is 6. The largest absolute Gasteiger partial charge is 0.493 e. The Kier molecular flexibility index (Phi) is 9.43. The van der Waals surface area contributed by atoms with E-state index in [0.29, 0.717) is 76.5 Å². The van der Waals surface area contributed by atoms with Crippen molar-refractivity contribution < 1.29 is 28.7 Å². The maximum Gasteiger partial charge on any atom is 0.320 e. The second-order valence-electron chi connectivity index (χ2n) is 12.2. The normalized spacial score (nSPS) is 25.7. The van der Waals surface area contributed by atoms with Gasteiger partial charge < -0.3 is 34.4 Å². The van der Waals surface area contributed by atoms with Gasteiger partial charge in [0.1, 0.15) is 6.54 Å². The van der Waals surface area contributed by atoms with Gasteiger partial charge in [-0.15, -0.1) is 0 Å². The minimum absolute atomic E-state index is 0.0210. The predicted octanol–water partition coefficient (Wildman–Crippen LogP) is 1.91. The fourth-order valence-electron chi connectivity index (χ4n) is 7.22. The molecule has 11 nitrogen and oxygen atoms in total. The van der Waals surface area contributed by atoms with Gasteiger partial charge >= 0.3 is 6.03 Å². The molecule has 4 bridgehead atoms. The number of methoxy groups -OCH3 is 2. The molecule has 3 saturated heterocycles. The molecular formula is C31H45N5O6. The molecule has 3 fully saturated rings. The number of amides is 5. The van der Waals surface area contributed by atoms with Gasteiger partial charge in [0.15, 0.2) is 11.5 Å². The second kappa shape index (κ2) is 13.2. The van der Waals surface area contributed by atoms with Gasteiger partial charge in [0.25, 0.3) is 0 Å². The Morgan fingerprint density at radius 2 is 1.81 bits per heavy atom. The molecule has 1 N–H and O–H groups in total. The van der Waals surface area contributed by atoms with Crippen LogP contribution in [-0.2, 0) is 27.2 Å². The van der Waals surface area contributed by atoms with E-state index in [1.807, 2.05) is 15.9 Å². The van der Waals surface area contributed by atoms with E-state index >= 15 is 0 Å². The van der Waals surface area contributed by atoms with Crippen LogP contribution < -0.4 is 14.8 Å². The van der Waals surface area contributed by atoms with Crippen LogP contribution in [0.2, 0.25) is 0 Å². The molecule has 5 rings (SSSR count). The maximum atomic E-state index is 13.8. The van der Waals surface area contributed by atoms with E-state index in [-0.39, 0.29) is 48.2 Å². The molecule has 1 aromatic rings. The zero-order chi connectivity index (χ0) is 29.8. The van der Waals surface area contributed by atoms with Crippen molar-refractivity contribution in [1.29, 1.82) is 0 Å². The van der Waals surface area contributed by atoms with E-state index in [0.717, 1.165) is 36.8 Å². The number of rotatable bonds is 4. The van der Waals surface area contributed by atoms with Crippen LogP contribution in [-0.4, -0.2) is 116 Å². The van der Waals surface area contributed by atoms with Crippen molar-refractivity contribution in [1.82, 2.24) is 24.9 Å². The first kappa shape index (κ1) is 30.0. The SMILES string of the molecule is COc1cc2cc(c1OC)CCCNC(=O)CCC[C@H]1[C@H]3C[C@@H](CN(C(=O)CN4CCN(C)C4=O)C3)CN1C(=O)CC2. The lowest BCUT2D eigenvalue weighted by atomic mass is 9.77. The Morgan fingerprint density at radius 1 is 0.976 bits per heavy atom. The van der Waals surface area contributed by atoms with Crippen molar-refractivity contribution in [2.75, 3.05) is 67.1 Å². The van der Waals surface area contributed by atoms with E-state index in [1.54, 1.807) is 31.1 Å². The summed E-state index contributed by atoms with van der Waals surface area (Å²) < 4.78 is 11.3. The van der Waals surface area contributed by atoms with Gasteiger partial charge in [-0.05, 0) is 67.6 Å². The summed E-state index contributed by atoms with van der Waals surface area (Å²) in [5.74, 6) is 1.82. The molecule has 0 saturated carbocycles. The third-order valence-corrected chi connectivity index (χ3v) is 9.36. The monoisotopic (exact) mass is 583 g/mol. The van der Waals surface area contributed by atoms with Crippen LogP contribution in [0.1, 0.15) is 49.7 Å². The second-order valence-corrected chi connectivity index (χ2v) is 12.2. The van der Waals surface area contributed by atoms with Gasteiger partial charge in [0.2, 0.25) is 17.7 Å². The van der Waals surface area contributed by atoms with Gasteiger partial charge in [-0.3, -0.25) is 14.4 Å². The molecule has 42 heavy (non-hydrogen) atoms. The number of benzene rings is 1. The van der Waals surface area contributed by atoms with Crippen molar-refractivity contribution >= 4 is 23.8 Å². The Morgan fingerprint density at radius 3 is 2.55 bits per heavy atom. The molecule has 0 unspecified atom stereocenters. The molecule has 4 aliphatic rings. The molecule has 4 aliphatic heterocycles. The lowest BCUT2D eigenvalue weighted by molar-refractivity contribution is -0.145. The molecule has 0 spiro atoms. The lowest BCUT2D eigenvalue weighted by Gasteiger charge is -2.51. The Hall–Kier alpha value is -3.50. The summed E-state index contributed by atoms with van der Waals surface area (Å²) in [6.07, 6.45) is 5.29. The van der Waals surface area contributed by atoms with Crippen molar-refractivity contribution in [3.63, 3.8) is 0 Å². The lowest BCUT2D eigenvalue weighted by Crippen LogP contribution is -2.60. The molecule has 230 valence electrons. The van der Waals surface area contributed by atoms with Gasteiger partial charge in [0, 0.05) is 65.2 Å². The van der Waals surface area contributed by atoms with Crippen LogP contribution in [0.4, 0.5) is 4.79 Å². The summed E-state index contributed by atoms with van der Waals surface area (Å²) in [6.45, 7) is 3.67. The van der Waals surface area contributed by atoms with Gasteiger partial charge in [-0.25, -0.2) is 4.79 Å². The number of carbonyl (C=O) groups is 4. The Balaban J connectivity index is 1.32. The number of nitrogens with zero attached hydrogens (tertiary/aromatic N) is 4. The highest BCUT2D eigenvalue weighted by Crippen LogP contribution is 2.37. The Labute approximate surface area is 248 Å². The molecule has 5 amide bonds. The Bertz CT molecular complexity index is 1190. The van der Waals surface area contributed by atoms with E-state index in [1.165, 1.54) is 0 Å². The van der Waals surface area contributed by atoms with Gasteiger partial charge in [-0.2, -0.15) is 0 Å². The molecule has 11 heteroatoms. The van der Waals surface area contributed by atoms with Crippen LogP contribution in [0.15, 0.2) is 12.1 Å². The van der Waals surface area contributed by atoms with E-state index in [2.05, 4.69) is 11.4 Å². The van der Waals surface area contributed by atoms with Crippen molar-refractivity contribution in [3.8, 4) is 11.5 Å². The summed E-state index contributed by atoms with van der Waals surface area (Å²) in [7, 11) is 5.00. The minimum Gasteiger partial charge on any atom is -0.493 e. The number of likely N-dealkylation sites (N-methyl/N-ethyl adjacent to an activating group) is 1. The fourth-order valence-corrected chi connectivity index (χ4v) is 7.22. The zero-order valence-electron chi connectivity index (χ0n) is 25.2. The number of piperidine rings is 2. The standard InChI is InChI=1S/C31H45N5O6/c1-33-12-13-34(31(33)40)20-29(39)35-17-22-15-24(19-35)25-7-4-8-27(37)32-11-5-6-23-14-21(9-10-28(38)36(25)18-22)16-26(41-2)30(23)42-3/h14,16,22,24-25H,4-13,15,17-20H2,1-3H3,(H,32,37)/t22-,24-,25-/m0/s1. The first-order valence-electron chi connectivity index (χ1n) is 15.3. The fraction of sp³-hybridized carbons (Fsp3) is 0.677. The number of likely N-dealkylation sites (tertiary alicyclic amines) is 1. The molecule has 4 heterocycles. The van der Waals surface area contributed by atoms with Crippen molar-refractivity contribution in [3.05, 3.63) is 23.3 Å². The van der Waals surface area contributed by atoms with Crippen LogP contribution >= 0.6 is 0 Å². The van der Waals surface area contributed by atoms with E-state index in [9.17, 15) is 19.2 Å². The van der Waals surface area contributed by atoms with Gasteiger partial charge in [0.05, 0.1) is 14.2 Å². The molecule has 0 radical (unpaired) electrons. The molecule has 1 aromatic carbocycles. The average molecular weight is 584 g/mol. The number of hydrogen-bond donors (Lipinski definition) is 1. The van der Waals surface area contributed by atoms with E-state index in [4.69, 9.17) is 9.47 Å². The number of fused-ring (bicyclic) bond motifs is 6. The highest BCUT2D eigenvalue weighted by Gasteiger charge is 2.43. The smallest absolute Gasteiger partial charge is 0.320 e. The summed E-state index contributed by atoms with van der Waals surface area (Å²) in [5, 5.41) is 3.05. The number of carbonyl (C=O) groups excluding carboxylic acids is 4. The van der Waals surface area contributed by atoms with Crippen LogP contribution in [0.5, 0.6) is 11.5 Å². The highest BCUT2D eigenvalue weighted by molar-refractivity contribution is 5.85.